The van der Waals surface area contributed by atoms with Crippen LogP contribution in [0.1, 0.15) is 130 Å². The SMILES string of the molecule is CC1=CCCC2(C)C(CCC2(O)CN(CC23CC4CC(CC(C4)C2)C3)S(=O)(=O)c2cccs2)c2ccc(cc2C(=O)c2ccc(-c3cc(C(F)(F)F)ccc3Cl)o2)CC(O)CC1. The van der Waals surface area contributed by atoms with Gasteiger partial charge in [-0.1, -0.05) is 48.4 Å². The summed E-state index contributed by atoms with van der Waals surface area (Å²) >= 11 is 7.57. The number of hydrogen-bond acceptors (Lipinski definition) is 7. The predicted molar refractivity (Wildman–Crippen MR) is 235 cm³/mol. The van der Waals surface area contributed by atoms with Gasteiger partial charge in [0.25, 0.3) is 10.0 Å². The average molecular weight is 911 g/mol. The highest BCUT2D eigenvalue weighted by Gasteiger charge is 2.60. The number of carbonyl (C=O) groups excluding carboxylic acids is 1. The molecule has 5 fully saturated rings. The van der Waals surface area contributed by atoms with Crippen LogP contribution < -0.4 is 0 Å². The first-order chi connectivity index (χ1) is 29.3. The van der Waals surface area contributed by atoms with E-state index in [2.05, 4.69) is 13.0 Å². The first-order valence-electron chi connectivity index (χ1n) is 22.1. The number of hydrogen-bond donors (Lipinski definition) is 2. The Morgan fingerprint density at radius 1 is 0.968 bits per heavy atom. The molecule has 4 unspecified atom stereocenters. The minimum absolute atomic E-state index is 0.000487. The molecule has 7 nitrogen and oxygen atoms in total. The fourth-order valence-corrected chi connectivity index (χ4v) is 15.7. The van der Waals surface area contributed by atoms with Crippen molar-refractivity contribution in [3.63, 3.8) is 0 Å². The number of ketones is 1. The molecule has 332 valence electrons. The summed E-state index contributed by atoms with van der Waals surface area (Å²) in [5.41, 5.74) is -0.566. The average Bonchev–Trinajstić information content (AvgIpc) is 3.97. The van der Waals surface area contributed by atoms with E-state index in [9.17, 15) is 36.6 Å². The summed E-state index contributed by atoms with van der Waals surface area (Å²) in [7, 11) is -3.98. The van der Waals surface area contributed by atoms with Crippen LogP contribution in [-0.4, -0.2) is 53.5 Å². The van der Waals surface area contributed by atoms with Crippen molar-refractivity contribution < 1.29 is 41.0 Å². The summed E-state index contributed by atoms with van der Waals surface area (Å²) in [6.07, 6.45) is 6.96. The van der Waals surface area contributed by atoms with E-state index < -0.39 is 44.7 Å². The number of halogens is 4. The van der Waals surface area contributed by atoms with Crippen molar-refractivity contribution in [1.29, 1.82) is 0 Å². The van der Waals surface area contributed by atoms with Crippen molar-refractivity contribution in [1.82, 2.24) is 4.31 Å². The van der Waals surface area contributed by atoms with Crippen LogP contribution in [-0.2, 0) is 22.6 Å². The second-order valence-corrected chi connectivity index (χ2v) is 23.3. The first-order valence-corrected chi connectivity index (χ1v) is 24.8. The molecule has 2 aromatic carbocycles. The fraction of sp³-hybridized carbons (Fsp3) is 0.531. The zero-order valence-electron chi connectivity index (χ0n) is 35.2. The van der Waals surface area contributed by atoms with E-state index in [1.54, 1.807) is 27.9 Å². The molecule has 4 aromatic rings. The number of benzene rings is 2. The Labute approximate surface area is 371 Å². The Bertz CT molecular complexity index is 2440. The van der Waals surface area contributed by atoms with Gasteiger partial charge >= 0.3 is 6.18 Å². The third-order valence-corrected chi connectivity index (χ3v) is 19.0. The zero-order chi connectivity index (χ0) is 43.8. The van der Waals surface area contributed by atoms with Crippen molar-refractivity contribution in [3.05, 3.63) is 111 Å². The maximum atomic E-state index is 14.8. The molecule has 0 amide bonds. The van der Waals surface area contributed by atoms with Gasteiger partial charge < -0.3 is 14.6 Å². The van der Waals surface area contributed by atoms with Crippen molar-refractivity contribution in [2.75, 3.05) is 13.1 Å². The number of alkyl halides is 3. The molecule has 2 heterocycles. The van der Waals surface area contributed by atoms with Gasteiger partial charge in [0.2, 0.25) is 5.78 Å². The second kappa shape index (κ2) is 16.3. The third kappa shape index (κ3) is 8.19. The van der Waals surface area contributed by atoms with Gasteiger partial charge in [-0.2, -0.15) is 17.5 Å². The summed E-state index contributed by atoms with van der Waals surface area (Å²) in [5.74, 6) is 0.886. The van der Waals surface area contributed by atoms with Crippen LogP contribution in [0.4, 0.5) is 13.2 Å². The summed E-state index contributed by atoms with van der Waals surface area (Å²) in [6.45, 7) is 4.40. The molecule has 62 heavy (non-hydrogen) atoms. The molecular formula is C49H55ClF3NO6S2. The van der Waals surface area contributed by atoms with Crippen molar-refractivity contribution in [2.45, 2.75) is 125 Å². The maximum Gasteiger partial charge on any atom is 0.416 e. The standard InChI is InChI=1S/C49H55ClF3NO6S2/c1-30-5-3-16-46(2)40(15-17-48(46,57)29-54(62(58,59)44-6-4-18-61-44)28-47-25-32-19-33(26-47)21-34(20-32)27-47)37-11-8-31(22-36(55)10-7-30)23-38(37)45(56)43-14-13-42(60-43)39-24-35(49(51,52)53)9-12-41(39)50/h4-6,8-9,11-14,18,23-24,32-34,36,40,55,57H,3,7,10,15-17,19-22,25-29H2,1-2H3. The first kappa shape index (κ1) is 44.0. The quantitative estimate of drug-likeness (QED) is 0.128. The van der Waals surface area contributed by atoms with Gasteiger partial charge in [0.1, 0.15) is 9.97 Å². The van der Waals surface area contributed by atoms with Gasteiger partial charge in [0.15, 0.2) is 5.76 Å². The number of furan rings is 1. The summed E-state index contributed by atoms with van der Waals surface area (Å²) in [5, 5.41) is 26.3. The molecular weight excluding hydrogens is 855 g/mol. The van der Waals surface area contributed by atoms with Crippen molar-refractivity contribution in [3.8, 4) is 11.3 Å². The topological polar surface area (TPSA) is 108 Å². The molecule has 7 aliphatic rings. The largest absolute Gasteiger partial charge is 0.453 e. The van der Waals surface area contributed by atoms with Gasteiger partial charge in [-0.05, 0) is 178 Å². The molecule has 6 bridgehead atoms. The van der Waals surface area contributed by atoms with Crippen molar-refractivity contribution >= 4 is 38.7 Å². The van der Waals surface area contributed by atoms with Crippen LogP contribution in [0.5, 0.6) is 0 Å². The predicted octanol–water partition coefficient (Wildman–Crippen LogP) is 11.9. The minimum atomic E-state index is -4.62. The molecule has 4 atom stereocenters. The molecule has 0 aliphatic heterocycles. The van der Waals surface area contributed by atoms with E-state index in [1.807, 2.05) is 19.1 Å². The minimum Gasteiger partial charge on any atom is -0.453 e. The Morgan fingerprint density at radius 2 is 1.69 bits per heavy atom. The van der Waals surface area contributed by atoms with Gasteiger partial charge in [-0.25, -0.2) is 8.42 Å². The molecule has 2 N–H and O–H groups in total. The molecule has 11 rings (SSSR count). The number of fused-ring (bicyclic) bond motifs is 8. The number of aliphatic hydroxyl groups is 2. The summed E-state index contributed by atoms with van der Waals surface area (Å²) < 4.78 is 78.7. The van der Waals surface area contributed by atoms with E-state index >= 15 is 0 Å². The summed E-state index contributed by atoms with van der Waals surface area (Å²) in [6, 6.07) is 14.8. The van der Waals surface area contributed by atoms with Crippen LogP contribution in [0.25, 0.3) is 11.3 Å². The van der Waals surface area contributed by atoms with Crippen LogP contribution in [0.3, 0.4) is 0 Å². The lowest BCUT2D eigenvalue weighted by Gasteiger charge is -2.58. The molecule has 5 saturated carbocycles. The maximum absolute atomic E-state index is 14.8. The van der Waals surface area contributed by atoms with Crippen molar-refractivity contribution in [2.24, 2.45) is 28.6 Å². The highest BCUT2D eigenvalue weighted by Crippen LogP contribution is 2.62. The molecule has 0 spiro atoms. The Hall–Kier alpha value is -3.26. The van der Waals surface area contributed by atoms with Crippen LogP contribution in [0.15, 0.2) is 86.3 Å². The molecule has 0 saturated heterocycles. The van der Waals surface area contributed by atoms with Crippen LogP contribution >= 0.6 is 22.9 Å². The fourth-order valence-electron chi connectivity index (χ4n) is 12.7. The van der Waals surface area contributed by atoms with E-state index in [-0.39, 0.29) is 44.2 Å². The lowest BCUT2D eigenvalue weighted by Crippen LogP contribution is -2.57. The van der Waals surface area contributed by atoms with E-state index in [0.29, 0.717) is 80.4 Å². The number of allylic oxidation sites excluding steroid dienone is 2. The highest BCUT2D eigenvalue weighted by atomic mass is 35.5. The van der Waals surface area contributed by atoms with E-state index in [0.717, 1.165) is 48.6 Å². The molecule has 13 heteroatoms. The Morgan fingerprint density at radius 3 is 2.37 bits per heavy atom. The second-order valence-electron chi connectivity index (χ2n) is 19.8. The molecule has 7 aliphatic carbocycles. The number of thiophene rings is 1. The molecule has 2 aromatic heterocycles. The number of nitrogens with zero attached hydrogens (tertiary/aromatic N) is 1. The Balaban J connectivity index is 1.11. The normalized spacial score (nSPS) is 31.3. The summed E-state index contributed by atoms with van der Waals surface area (Å²) in [4.78, 5) is 14.8. The number of rotatable bonds is 9. The molecule has 0 radical (unpaired) electrons. The zero-order valence-corrected chi connectivity index (χ0v) is 37.6. The highest BCUT2D eigenvalue weighted by molar-refractivity contribution is 7.91. The van der Waals surface area contributed by atoms with Gasteiger partial charge in [-0.15, -0.1) is 11.3 Å². The lowest BCUT2D eigenvalue weighted by atomic mass is 9.49. The van der Waals surface area contributed by atoms with E-state index in [4.69, 9.17) is 16.0 Å². The number of sulfonamides is 1. The lowest BCUT2D eigenvalue weighted by molar-refractivity contribution is -0.137. The number of carbonyl (C=O) groups is 1. The van der Waals surface area contributed by atoms with Gasteiger partial charge in [-0.3, -0.25) is 4.79 Å². The Kier molecular flexibility index (Phi) is 11.6. The van der Waals surface area contributed by atoms with Gasteiger partial charge in [0.05, 0.1) is 22.3 Å². The van der Waals surface area contributed by atoms with Crippen LogP contribution in [0, 0.1) is 28.6 Å². The third-order valence-electron chi connectivity index (χ3n) is 15.5. The van der Waals surface area contributed by atoms with Crippen LogP contribution in [0.2, 0.25) is 5.02 Å². The smallest absolute Gasteiger partial charge is 0.416 e. The van der Waals surface area contributed by atoms with Gasteiger partial charge in [0, 0.05) is 29.6 Å². The van der Waals surface area contributed by atoms with E-state index in [1.165, 1.54) is 42.7 Å². The number of aliphatic hydroxyl groups excluding tert-OH is 1. The monoisotopic (exact) mass is 909 g/mol.